The maximum atomic E-state index is 12.8. The molecule has 4 nitrogen and oxygen atoms in total. The highest BCUT2D eigenvalue weighted by molar-refractivity contribution is 5.90. The fraction of sp³-hybridized carbons (Fsp3) is 0.385. The summed E-state index contributed by atoms with van der Waals surface area (Å²) in [5.41, 5.74) is 0.968. The number of benzene rings is 1. The van der Waals surface area contributed by atoms with Gasteiger partial charge in [-0.15, -0.1) is 0 Å². The fourth-order valence-electron chi connectivity index (χ4n) is 1.98. The predicted octanol–water partition coefficient (Wildman–Crippen LogP) is 1.14. The molecule has 0 spiro atoms. The van der Waals surface area contributed by atoms with Crippen LogP contribution < -0.4 is 0 Å². The molecule has 2 rings (SSSR count). The van der Waals surface area contributed by atoms with Crippen LogP contribution in [0.4, 0.5) is 4.39 Å². The van der Waals surface area contributed by atoms with Crippen molar-refractivity contribution in [2.24, 2.45) is 0 Å². The van der Waals surface area contributed by atoms with Crippen molar-refractivity contribution in [2.45, 2.75) is 19.4 Å². The lowest BCUT2D eigenvalue weighted by Gasteiger charge is -2.30. The van der Waals surface area contributed by atoms with Gasteiger partial charge in [-0.1, -0.05) is 12.1 Å². The highest BCUT2D eigenvalue weighted by Crippen LogP contribution is 2.12. The van der Waals surface area contributed by atoms with E-state index in [1.807, 2.05) is 6.92 Å². The van der Waals surface area contributed by atoms with Crippen molar-refractivity contribution >= 4 is 11.9 Å². The Balaban J connectivity index is 1.98. The molecule has 0 radical (unpaired) electrons. The predicted molar refractivity (Wildman–Crippen MR) is 62.2 cm³/mol. The molecule has 1 aromatic carbocycles. The first kappa shape index (κ1) is 12.7. The van der Waals surface area contributed by atoms with Crippen LogP contribution in [-0.2, 0) is 20.7 Å². The van der Waals surface area contributed by atoms with Crippen molar-refractivity contribution in [3.05, 3.63) is 35.6 Å². The van der Waals surface area contributed by atoms with Gasteiger partial charge in [0.15, 0.2) is 0 Å². The highest BCUT2D eigenvalue weighted by Gasteiger charge is 2.28. The van der Waals surface area contributed by atoms with Gasteiger partial charge in [0.1, 0.15) is 5.82 Å². The number of nitrogens with zero attached hydrogens (tertiary/aromatic N) is 1. The maximum Gasteiger partial charge on any atom is 0.327 e. The molecule has 1 fully saturated rings. The number of halogens is 1. The van der Waals surface area contributed by atoms with Crippen LogP contribution in [0.3, 0.4) is 0 Å². The number of carbonyl (C=O) groups excluding carboxylic acids is 2. The van der Waals surface area contributed by atoms with E-state index < -0.39 is 11.9 Å². The molecule has 0 N–H and O–H groups in total. The van der Waals surface area contributed by atoms with Gasteiger partial charge >= 0.3 is 11.9 Å². The molecule has 1 aromatic rings. The van der Waals surface area contributed by atoms with Crippen LogP contribution in [0.15, 0.2) is 24.3 Å². The Morgan fingerprint density at radius 3 is 2.33 bits per heavy atom. The summed E-state index contributed by atoms with van der Waals surface area (Å²) in [5.74, 6) is -1.31. The topological polar surface area (TPSA) is 46.6 Å². The first-order valence-electron chi connectivity index (χ1n) is 5.76. The van der Waals surface area contributed by atoms with Crippen LogP contribution in [0.2, 0.25) is 0 Å². The summed E-state index contributed by atoms with van der Waals surface area (Å²) in [4.78, 5) is 24.1. The Kier molecular flexibility index (Phi) is 3.72. The monoisotopic (exact) mass is 251 g/mol. The SMILES string of the molecule is CC(Cc1ccc(F)cc1)N1CC(=O)OC(=O)C1. The quantitative estimate of drug-likeness (QED) is 0.597. The molecule has 0 amide bonds. The molecule has 0 saturated carbocycles. The number of carbonyl (C=O) groups is 2. The van der Waals surface area contributed by atoms with Crippen LogP contribution >= 0.6 is 0 Å². The molecule has 0 bridgehead atoms. The van der Waals surface area contributed by atoms with Gasteiger partial charge in [0.2, 0.25) is 0 Å². The Hall–Kier alpha value is -1.75. The highest BCUT2D eigenvalue weighted by atomic mass is 19.1. The summed E-state index contributed by atoms with van der Waals surface area (Å²) in [7, 11) is 0. The Morgan fingerprint density at radius 2 is 1.78 bits per heavy atom. The second kappa shape index (κ2) is 5.27. The summed E-state index contributed by atoms with van der Waals surface area (Å²) >= 11 is 0. The lowest BCUT2D eigenvalue weighted by Crippen LogP contribution is -2.47. The van der Waals surface area contributed by atoms with Crippen LogP contribution in [-0.4, -0.2) is 36.0 Å². The van der Waals surface area contributed by atoms with Crippen molar-refractivity contribution in [1.82, 2.24) is 4.90 Å². The molecule has 0 aliphatic carbocycles. The first-order valence-corrected chi connectivity index (χ1v) is 5.76. The minimum absolute atomic E-state index is 0.0206. The van der Waals surface area contributed by atoms with Crippen LogP contribution in [0.25, 0.3) is 0 Å². The van der Waals surface area contributed by atoms with E-state index in [2.05, 4.69) is 4.74 Å². The van der Waals surface area contributed by atoms with E-state index in [0.29, 0.717) is 6.42 Å². The molecule has 1 aliphatic rings. The number of esters is 2. The summed E-state index contributed by atoms with van der Waals surface area (Å²) < 4.78 is 17.2. The average Bonchev–Trinajstić information content (AvgIpc) is 2.31. The lowest BCUT2D eigenvalue weighted by atomic mass is 10.1. The molecule has 1 atom stereocenters. The molecule has 5 heteroatoms. The fourth-order valence-corrected chi connectivity index (χ4v) is 1.98. The Morgan fingerprint density at radius 1 is 1.22 bits per heavy atom. The number of rotatable bonds is 3. The van der Waals surface area contributed by atoms with Crippen LogP contribution in [0.1, 0.15) is 12.5 Å². The zero-order chi connectivity index (χ0) is 13.1. The van der Waals surface area contributed by atoms with Gasteiger partial charge in [0.25, 0.3) is 0 Å². The summed E-state index contributed by atoms with van der Waals surface area (Å²) in [6.07, 6.45) is 0.654. The molecule has 1 unspecified atom stereocenters. The molecule has 1 aliphatic heterocycles. The number of hydrogen-bond donors (Lipinski definition) is 0. The molecule has 1 heterocycles. The first-order chi connectivity index (χ1) is 8.54. The standard InChI is InChI=1S/C13H14FNO3/c1-9(6-10-2-4-11(14)5-3-10)15-7-12(16)18-13(17)8-15/h2-5,9H,6-8H2,1H3. The molecule has 0 aromatic heterocycles. The third kappa shape index (κ3) is 3.13. The second-order valence-electron chi connectivity index (χ2n) is 4.43. The van der Waals surface area contributed by atoms with E-state index in [9.17, 15) is 14.0 Å². The van der Waals surface area contributed by atoms with Gasteiger partial charge in [0.05, 0.1) is 13.1 Å². The molecular weight excluding hydrogens is 237 g/mol. The van der Waals surface area contributed by atoms with Crippen LogP contribution in [0, 0.1) is 5.82 Å². The third-order valence-electron chi connectivity index (χ3n) is 2.96. The van der Waals surface area contributed by atoms with Gasteiger partial charge in [-0.25, -0.2) is 4.39 Å². The smallest absolute Gasteiger partial charge is 0.327 e. The van der Waals surface area contributed by atoms with E-state index in [1.165, 1.54) is 12.1 Å². The van der Waals surface area contributed by atoms with E-state index >= 15 is 0 Å². The lowest BCUT2D eigenvalue weighted by molar-refractivity contribution is -0.167. The third-order valence-corrected chi connectivity index (χ3v) is 2.96. The molecule has 18 heavy (non-hydrogen) atoms. The van der Waals surface area contributed by atoms with Gasteiger partial charge in [-0.2, -0.15) is 0 Å². The van der Waals surface area contributed by atoms with Gasteiger partial charge < -0.3 is 4.74 Å². The van der Waals surface area contributed by atoms with Crippen molar-refractivity contribution in [3.8, 4) is 0 Å². The number of hydrogen-bond acceptors (Lipinski definition) is 4. The minimum atomic E-state index is -0.516. The van der Waals surface area contributed by atoms with Gasteiger partial charge in [0, 0.05) is 6.04 Å². The maximum absolute atomic E-state index is 12.8. The van der Waals surface area contributed by atoms with Crippen molar-refractivity contribution < 1.29 is 18.7 Å². The molecule has 1 saturated heterocycles. The van der Waals surface area contributed by atoms with Gasteiger partial charge in [-0.05, 0) is 31.0 Å². The largest absolute Gasteiger partial charge is 0.391 e. The van der Waals surface area contributed by atoms with Crippen LogP contribution in [0.5, 0.6) is 0 Å². The molecule has 96 valence electrons. The van der Waals surface area contributed by atoms with E-state index in [-0.39, 0.29) is 24.9 Å². The number of morpholine rings is 1. The van der Waals surface area contributed by atoms with E-state index in [1.54, 1.807) is 17.0 Å². The Bertz CT molecular complexity index is 442. The number of ether oxygens (including phenoxy) is 1. The summed E-state index contributed by atoms with van der Waals surface area (Å²) in [6, 6.07) is 6.23. The van der Waals surface area contributed by atoms with E-state index in [0.717, 1.165) is 5.56 Å². The van der Waals surface area contributed by atoms with Crippen molar-refractivity contribution in [3.63, 3.8) is 0 Å². The van der Waals surface area contributed by atoms with Crippen molar-refractivity contribution in [1.29, 1.82) is 0 Å². The summed E-state index contributed by atoms with van der Waals surface area (Å²) in [5, 5.41) is 0. The number of cyclic esters (lactones) is 2. The zero-order valence-corrected chi connectivity index (χ0v) is 10.1. The summed E-state index contributed by atoms with van der Waals surface area (Å²) in [6.45, 7) is 2.16. The minimum Gasteiger partial charge on any atom is -0.391 e. The van der Waals surface area contributed by atoms with Gasteiger partial charge in [-0.3, -0.25) is 14.5 Å². The van der Waals surface area contributed by atoms with E-state index in [4.69, 9.17) is 0 Å². The Labute approximate surface area is 104 Å². The second-order valence-corrected chi connectivity index (χ2v) is 4.43. The zero-order valence-electron chi connectivity index (χ0n) is 10.1. The normalized spacial score (nSPS) is 18.6. The average molecular weight is 251 g/mol. The van der Waals surface area contributed by atoms with Crippen molar-refractivity contribution in [2.75, 3.05) is 13.1 Å². The molecular formula is C13H14FNO3.